The Morgan fingerprint density at radius 3 is 3.06 bits per heavy atom. The Kier molecular flexibility index (Phi) is 2.15. The summed E-state index contributed by atoms with van der Waals surface area (Å²) in [5.74, 6) is 1.49. The minimum Gasteiger partial charge on any atom is -0.439 e. The molecule has 0 fully saturated rings. The van der Waals surface area contributed by atoms with Crippen LogP contribution < -0.4 is 0 Å². The maximum atomic E-state index is 5.64. The van der Waals surface area contributed by atoms with E-state index in [1.165, 1.54) is 0 Å². The first-order chi connectivity index (χ1) is 7.88. The molecule has 3 heterocycles. The minimum atomic E-state index is 0.277. The Morgan fingerprint density at radius 2 is 2.25 bits per heavy atom. The van der Waals surface area contributed by atoms with Crippen LogP contribution in [0.2, 0.25) is 0 Å². The summed E-state index contributed by atoms with van der Waals surface area (Å²) in [6.45, 7) is 0. The molecular formula is C11H8ClN3O. The van der Waals surface area contributed by atoms with E-state index in [0.717, 1.165) is 11.1 Å². The Labute approximate surface area is 96.5 Å². The third kappa shape index (κ3) is 1.39. The summed E-state index contributed by atoms with van der Waals surface area (Å²) in [4.78, 5) is 4.06. The number of halogens is 1. The van der Waals surface area contributed by atoms with Gasteiger partial charge in [-0.3, -0.25) is 0 Å². The first kappa shape index (κ1) is 9.42. The maximum Gasteiger partial charge on any atom is 0.209 e. The molecule has 0 atom stereocenters. The molecule has 5 heteroatoms. The molecule has 0 radical (unpaired) electrons. The molecule has 16 heavy (non-hydrogen) atoms. The van der Waals surface area contributed by atoms with Crippen LogP contribution in [0.4, 0.5) is 0 Å². The number of fused-ring (bicyclic) bond motifs is 1. The number of aromatic nitrogens is 3. The number of alkyl halides is 1. The van der Waals surface area contributed by atoms with Crippen molar-refractivity contribution in [1.82, 2.24) is 14.6 Å². The van der Waals surface area contributed by atoms with Gasteiger partial charge < -0.3 is 4.42 Å². The van der Waals surface area contributed by atoms with Crippen molar-refractivity contribution in [3.63, 3.8) is 0 Å². The van der Waals surface area contributed by atoms with Crippen molar-refractivity contribution in [2.75, 3.05) is 0 Å². The number of oxazole rings is 1. The SMILES string of the molecule is ClCc1ncc(-c2cnn3ccccc23)o1. The monoisotopic (exact) mass is 233 g/mol. The Balaban J connectivity index is 2.18. The number of nitrogens with zero attached hydrogens (tertiary/aromatic N) is 3. The summed E-state index contributed by atoms with van der Waals surface area (Å²) < 4.78 is 7.28. The van der Waals surface area contributed by atoms with Crippen LogP contribution in [0.5, 0.6) is 0 Å². The zero-order valence-corrected chi connectivity index (χ0v) is 9.05. The smallest absolute Gasteiger partial charge is 0.209 e. The van der Waals surface area contributed by atoms with E-state index in [1.807, 2.05) is 24.4 Å². The lowest BCUT2D eigenvalue weighted by Crippen LogP contribution is -1.82. The average molecular weight is 234 g/mol. The lowest BCUT2D eigenvalue weighted by molar-refractivity contribution is 0.529. The highest BCUT2D eigenvalue weighted by Gasteiger charge is 2.10. The van der Waals surface area contributed by atoms with Crippen LogP contribution in [0, 0.1) is 0 Å². The number of pyridine rings is 1. The Hall–Kier alpha value is -1.81. The number of hydrogen-bond donors (Lipinski definition) is 0. The highest BCUT2D eigenvalue weighted by atomic mass is 35.5. The van der Waals surface area contributed by atoms with Crippen LogP contribution in [-0.2, 0) is 5.88 Å². The third-order valence-electron chi connectivity index (χ3n) is 2.36. The van der Waals surface area contributed by atoms with Gasteiger partial charge >= 0.3 is 0 Å². The highest BCUT2D eigenvalue weighted by Crippen LogP contribution is 2.25. The number of rotatable bonds is 2. The van der Waals surface area contributed by atoms with Gasteiger partial charge in [-0.25, -0.2) is 9.50 Å². The normalized spacial score (nSPS) is 11.1. The molecule has 0 amide bonds. The van der Waals surface area contributed by atoms with E-state index in [9.17, 15) is 0 Å². The molecule has 0 N–H and O–H groups in total. The van der Waals surface area contributed by atoms with Crippen LogP contribution in [0.1, 0.15) is 5.89 Å². The fraction of sp³-hybridized carbons (Fsp3) is 0.0909. The fourth-order valence-electron chi connectivity index (χ4n) is 1.62. The van der Waals surface area contributed by atoms with E-state index in [4.69, 9.17) is 16.0 Å². The standard InChI is InChI=1S/C11H8ClN3O/c12-5-11-13-7-10(16-11)8-6-14-15-4-2-1-3-9(8)15/h1-4,6-7H,5H2. The zero-order chi connectivity index (χ0) is 11.0. The second kappa shape index (κ2) is 3.64. The Morgan fingerprint density at radius 1 is 1.31 bits per heavy atom. The molecule has 4 nitrogen and oxygen atoms in total. The van der Waals surface area contributed by atoms with Crippen molar-refractivity contribution in [3.05, 3.63) is 42.7 Å². The molecular weight excluding hydrogens is 226 g/mol. The summed E-state index contributed by atoms with van der Waals surface area (Å²) in [7, 11) is 0. The summed E-state index contributed by atoms with van der Waals surface area (Å²) in [5, 5.41) is 4.23. The molecule has 0 unspecified atom stereocenters. The van der Waals surface area contributed by atoms with Crippen LogP contribution in [0.3, 0.4) is 0 Å². The van der Waals surface area contributed by atoms with Gasteiger partial charge in [-0.05, 0) is 12.1 Å². The predicted octanol–water partition coefficient (Wildman–Crippen LogP) is 2.73. The largest absolute Gasteiger partial charge is 0.439 e. The number of hydrogen-bond acceptors (Lipinski definition) is 3. The molecule has 0 saturated heterocycles. The van der Waals surface area contributed by atoms with E-state index in [2.05, 4.69) is 10.1 Å². The van der Waals surface area contributed by atoms with Crippen molar-refractivity contribution < 1.29 is 4.42 Å². The van der Waals surface area contributed by atoms with Gasteiger partial charge in [0.2, 0.25) is 5.89 Å². The molecule has 0 aromatic carbocycles. The second-order valence-electron chi connectivity index (χ2n) is 3.34. The molecule has 3 aromatic rings. The molecule has 0 saturated carbocycles. The molecule has 80 valence electrons. The fourth-order valence-corrected chi connectivity index (χ4v) is 1.74. The van der Waals surface area contributed by atoms with Crippen LogP contribution in [-0.4, -0.2) is 14.6 Å². The van der Waals surface area contributed by atoms with Gasteiger partial charge in [0.05, 0.1) is 29.4 Å². The van der Waals surface area contributed by atoms with E-state index in [-0.39, 0.29) is 5.88 Å². The first-order valence-corrected chi connectivity index (χ1v) is 5.35. The van der Waals surface area contributed by atoms with Gasteiger partial charge in [0.15, 0.2) is 5.76 Å². The average Bonchev–Trinajstić information content (AvgIpc) is 2.94. The van der Waals surface area contributed by atoms with E-state index in [0.29, 0.717) is 11.7 Å². The maximum absolute atomic E-state index is 5.64. The molecule has 0 aliphatic carbocycles. The van der Waals surface area contributed by atoms with Gasteiger partial charge in [0.25, 0.3) is 0 Å². The first-order valence-electron chi connectivity index (χ1n) is 4.82. The van der Waals surface area contributed by atoms with Crippen molar-refractivity contribution in [1.29, 1.82) is 0 Å². The van der Waals surface area contributed by atoms with Gasteiger partial charge in [-0.15, -0.1) is 11.6 Å². The second-order valence-corrected chi connectivity index (χ2v) is 3.61. The summed E-state index contributed by atoms with van der Waals surface area (Å²) in [6, 6.07) is 5.86. The van der Waals surface area contributed by atoms with Gasteiger partial charge in [0, 0.05) is 6.20 Å². The van der Waals surface area contributed by atoms with Crippen molar-refractivity contribution >= 4 is 17.1 Å². The molecule has 0 aliphatic heterocycles. The van der Waals surface area contributed by atoms with Crippen LogP contribution in [0.15, 0.2) is 41.2 Å². The zero-order valence-electron chi connectivity index (χ0n) is 8.30. The van der Waals surface area contributed by atoms with Crippen molar-refractivity contribution in [3.8, 4) is 11.3 Å². The van der Waals surface area contributed by atoms with Crippen molar-refractivity contribution in [2.45, 2.75) is 5.88 Å². The molecule has 0 aliphatic rings. The molecule has 3 aromatic heterocycles. The summed E-state index contributed by atoms with van der Waals surface area (Å²) >= 11 is 5.64. The molecule has 3 rings (SSSR count). The third-order valence-corrected chi connectivity index (χ3v) is 2.59. The van der Waals surface area contributed by atoms with Crippen LogP contribution >= 0.6 is 11.6 Å². The van der Waals surface area contributed by atoms with Crippen LogP contribution in [0.25, 0.3) is 16.8 Å². The van der Waals surface area contributed by atoms with E-state index >= 15 is 0 Å². The summed E-state index contributed by atoms with van der Waals surface area (Å²) in [6.07, 6.45) is 5.31. The lowest BCUT2D eigenvalue weighted by Gasteiger charge is -1.93. The highest BCUT2D eigenvalue weighted by molar-refractivity contribution is 6.16. The van der Waals surface area contributed by atoms with Gasteiger partial charge in [0.1, 0.15) is 0 Å². The van der Waals surface area contributed by atoms with Gasteiger partial charge in [-0.2, -0.15) is 5.10 Å². The van der Waals surface area contributed by atoms with E-state index in [1.54, 1.807) is 16.9 Å². The summed E-state index contributed by atoms with van der Waals surface area (Å²) in [5.41, 5.74) is 1.91. The quantitative estimate of drug-likeness (QED) is 0.640. The molecule has 0 spiro atoms. The minimum absolute atomic E-state index is 0.277. The van der Waals surface area contributed by atoms with Crippen molar-refractivity contribution in [2.24, 2.45) is 0 Å². The Bertz CT molecular complexity index is 629. The van der Waals surface area contributed by atoms with Gasteiger partial charge in [-0.1, -0.05) is 6.07 Å². The van der Waals surface area contributed by atoms with E-state index < -0.39 is 0 Å². The molecule has 0 bridgehead atoms. The predicted molar refractivity (Wildman–Crippen MR) is 60.2 cm³/mol. The topological polar surface area (TPSA) is 43.3 Å². The lowest BCUT2D eigenvalue weighted by atomic mass is 10.2.